The van der Waals surface area contributed by atoms with Gasteiger partial charge in [0.15, 0.2) is 5.82 Å². The molecule has 3 heterocycles. The van der Waals surface area contributed by atoms with Crippen LogP contribution in [0.25, 0.3) is 5.52 Å². The van der Waals surface area contributed by atoms with E-state index in [-0.39, 0.29) is 0 Å². The first-order valence-corrected chi connectivity index (χ1v) is 6.16. The maximum absolute atomic E-state index is 5.82. The van der Waals surface area contributed by atoms with Crippen molar-refractivity contribution >= 4 is 11.3 Å². The molecule has 88 valence electrons. The van der Waals surface area contributed by atoms with Crippen LogP contribution < -0.4 is 10.6 Å². The largest absolute Gasteiger partial charge is 0.352 e. The number of aromatic nitrogens is 3. The Labute approximate surface area is 99.2 Å². The van der Waals surface area contributed by atoms with Gasteiger partial charge < -0.3 is 10.6 Å². The number of fused-ring (bicyclic) bond motifs is 1. The topological polar surface area (TPSA) is 59.5 Å². The highest BCUT2D eigenvalue weighted by molar-refractivity contribution is 5.70. The van der Waals surface area contributed by atoms with Crippen LogP contribution in [-0.4, -0.2) is 33.7 Å². The van der Waals surface area contributed by atoms with Crippen LogP contribution in [0.4, 0.5) is 5.82 Å². The van der Waals surface area contributed by atoms with E-state index in [1.165, 1.54) is 18.5 Å². The molecule has 4 rings (SSSR count). The van der Waals surface area contributed by atoms with Gasteiger partial charge in [-0.05, 0) is 18.9 Å². The van der Waals surface area contributed by atoms with E-state index in [0.717, 1.165) is 24.4 Å². The minimum Gasteiger partial charge on any atom is -0.352 e. The molecule has 5 heteroatoms. The van der Waals surface area contributed by atoms with Gasteiger partial charge in [0.05, 0.1) is 5.69 Å². The number of hydrogen-bond acceptors (Lipinski definition) is 4. The molecule has 0 bridgehead atoms. The Morgan fingerprint density at radius 3 is 2.82 bits per heavy atom. The van der Waals surface area contributed by atoms with Crippen LogP contribution in [0.5, 0.6) is 0 Å². The zero-order valence-corrected chi connectivity index (χ0v) is 9.58. The first-order valence-electron chi connectivity index (χ1n) is 6.16. The molecule has 17 heavy (non-hydrogen) atoms. The monoisotopic (exact) mass is 229 g/mol. The van der Waals surface area contributed by atoms with Crippen LogP contribution in [0.1, 0.15) is 24.5 Å². The van der Waals surface area contributed by atoms with Crippen molar-refractivity contribution in [1.82, 2.24) is 14.6 Å². The van der Waals surface area contributed by atoms with E-state index in [1.54, 1.807) is 0 Å². The molecule has 2 aliphatic rings. The van der Waals surface area contributed by atoms with Gasteiger partial charge >= 0.3 is 0 Å². The first kappa shape index (κ1) is 9.41. The summed E-state index contributed by atoms with van der Waals surface area (Å²) in [6.07, 6.45) is 6.29. The third-order valence-electron chi connectivity index (χ3n) is 3.59. The first-order chi connectivity index (χ1) is 8.31. The number of rotatable bonds is 2. The predicted octanol–water partition coefficient (Wildman–Crippen LogP) is 0.754. The third kappa shape index (κ3) is 1.42. The molecule has 5 nitrogen and oxygen atoms in total. The number of hydrogen-bond donors (Lipinski definition) is 1. The molecule has 2 fully saturated rings. The molecular formula is C12H15N5. The van der Waals surface area contributed by atoms with Gasteiger partial charge in [-0.2, -0.15) is 5.10 Å². The molecular weight excluding hydrogens is 214 g/mol. The smallest absolute Gasteiger partial charge is 0.154 e. The summed E-state index contributed by atoms with van der Waals surface area (Å²) in [5.41, 5.74) is 8.15. The lowest BCUT2D eigenvalue weighted by Crippen LogP contribution is -2.56. The average molecular weight is 229 g/mol. The van der Waals surface area contributed by atoms with Gasteiger partial charge in [-0.15, -0.1) is 0 Å². The lowest BCUT2D eigenvalue weighted by atomic mass is 10.1. The summed E-state index contributed by atoms with van der Waals surface area (Å²) in [5.74, 6) is 1.70. The molecule has 0 unspecified atom stereocenters. The number of nitrogens with zero attached hydrogens (tertiary/aromatic N) is 4. The third-order valence-corrected chi connectivity index (χ3v) is 3.59. The number of anilines is 1. The highest BCUT2D eigenvalue weighted by Gasteiger charge is 2.29. The molecule has 0 atom stereocenters. The maximum Gasteiger partial charge on any atom is 0.154 e. The molecule has 1 saturated heterocycles. The Bertz CT molecular complexity index is 565. The summed E-state index contributed by atoms with van der Waals surface area (Å²) in [5, 5.41) is 4.61. The van der Waals surface area contributed by atoms with Crippen LogP contribution in [0.3, 0.4) is 0 Å². The summed E-state index contributed by atoms with van der Waals surface area (Å²) < 4.78 is 1.94. The molecule has 2 aromatic heterocycles. The predicted molar refractivity (Wildman–Crippen MR) is 65.2 cm³/mol. The van der Waals surface area contributed by atoms with Gasteiger partial charge in [-0.3, -0.25) is 0 Å². The van der Waals surface area contributed by atoms with Crippen LogP contribution in [0.15, 0.2) is 18.5 Å². The van der Waals surface area contributed by atoms with Gasteiger partial charge in [-0.1, -0.05) is 0 Å². The Kier molecular flexibility index (Phi) is 1.77. The second kappa shape index (κ2) is 3.20. The van der Waals surface area contributed by atoms with Crippen molar-refractivity contribution in [2.75, 3.05) is 18.0 Å². The van der Waals surface area contributed by atoms with Crippen LogP contribution in [0, 0.1) is 0 Å². The van der Waals surface area contributed by atoms with Gasteiger partial charge in [0, 0.05) is 37.4 Å². The Balaban J connectivity index is 1.79. The number of nitrogens with two attached hydrogens (primary N) is 1. The van der Waals surface area contributed by atoms with E-state index in [4.69, 9.17) is 5.73 Å². The molecule has 0 spiro atoms. The standard InChI is InChI=1S/C12H15N5/c13-9-6-16(7-9)12-11-5-10(8-1-2-8)15-17(11)4-3-14-12/h3-5,8-9H,1-2,6-7,13H2. The highest BCUT2D eigenvalue weighted by Crippen LogP contribution is 2.40. The van der Waals surface area contributed by atoms with E-state index in [1.807, 2.05) is 16.9 Å². The molecule has 1 saturated carbocycles. The van der Waals surface area contributed by atoms with E-state index < -0.39 is 0 Å². The maximum atomic E-state index is 5.82. The zero-order chi connectivity index (χ0) is 11.4. The van der Waals surface area contributed by atoms with Gasteiger partial charge in [0.2, 0.25) is 0 Å². The van der Waals surface area contributed by atoms with Crippen molar-refractivity contribution in [3.05, 3.63) is 24.2 Å². The normalized spacial score (nSPS) is 20.9. The summed E-state index contributed by atoms with van der Waals surface area (Å²) in [7, 11) is 0. The van der Waals surface area contributed by atoms with Crippen molar-refractivity contribution in [3.63, 3.8) is 0 Å². The molecule has 2 aromatic rings. The second-order valence-corrected chi connectivity index (χ2v) is 5.09. The summed E-state index contributed by atoms with van der Waals surface area (Å²) >= 11 is 0. The van der Waals surface area contributed by atoms with E-state index in [9.17, 15) is 0 Å². The Hall–Kier alpha value is -1.62. The fourth-order valence-corrected chi connectivity index (χ4v) is 2.44. The molecule has 0 radical (unpaired) electrons. The lowest BCUT2D eigenvalue weighted by molar-refractivity contribution is 0.515. The van der Waals surface area contributed by atoms with Gasteiger partial charge in [0.25, 0.3) is 0 Å². The van der Waals surface area contributed by atoms with E-state index in [2.05, 4.69) is 21.0 Å². The van der Waals surface area contributed by atoms with E-state index >= 15 is 0 Å². The van der Waals surface area contributed by atoms with Gasteiger partial charge in [-0.25, -0.2) is 9.50 Å². The quantitative estimate of drug-likeness (QED) is 0.825. The SMILES string of the molecule is NC1CN(c2nccn3nc(C4CC4)cc23)C1. The minimum absolute atomic E-state index is 0.294. The molecule has 1 aliphatic heterocycles. The second-order valence-electron chi connectivity index (χ2n) is 5.09. The highest BCUT2D eigenvalue weighted by atomic mass is 15.3. The van der Waals surface area contributed by atoms with E-state index in [0.29, 0.717) is 12.0 Å². The lowest BCUT2D eigenvalue weighted by Gasteiger charge is -2.37. The molecule has 0 amide bonds. The van der Waals surface area contributed by atoms with Crippen molar-refractivity contribution in [1.29, 1.82) is 0 Å². The summed E-state index contributed by atoms with van der Waals surface area (Å²) in [6, 6.07) is 2.48. The van der Waals surface area contributed by atoms with Crippen LogP contribution >= 0.6 is 0 Å². The van der Waals surface area contributed by atoms with Gasteiger partial charge in [0.1, 0.15) is 5.52 Å². The molecule has 0 aromatic carbocycles. The zero-order valence-electron chi connectivity index (χ0n) is 9.58. The molecule has 1 aliphatic carbocycles. The van der Waals surface area contributed by atoms with Crippen LogP contribution in [-0.2, 0) is 0 Å². The molecule has 2 N–H and O–H groups in total. The average Bonchev–Trinajstić information content (AvgIpc) is 3.04. The minimum atomic E-state index is 0.294. The summed E-state index contributed by atoms with van der Waals surface area (Å²) in [6.45, 7) is 1.80. The summed E-state index contributed by atoms with van der Waals surface area (Å²) in [4.78, 5) is 6.69. The van der Waals surface area contributed by atoms with Crippen LogP contribution in [0.2, 0.25) is 0 Å². The fraction of sp³-hybridized carbons (Fsp3) is 0.500. The fourth-order valence-electron chi connectivity index (χ4n) is 2.44. The van der Waals surface area contributed by atoms with Crippen molar-refractivity contribution < 1.29 is 0 Å². The Morgan fingerprint density at radius 2 is 2.12 bits per heavy atom. The van der Waals surface area contributed by atoms with Crippen molar-refractivity contribution in [3.8, 4) is 0 Å². The van der Waals surface area contributed by atoms with Crippen molar-refractivity contribution in [2.24, 2.45) is 5.73 Å². The van der Waals surface area contributed by atoms with Crippen molar-refractivity contribution in [2.45, 2.75) is 24.8 Å². The Morgan fingerprint density at radius 1 is 1.29 bits per heavy atom.